The number of hydrogen-bond acceptors (Lipinski definition) is 4. The molecule has 2 heterocycles. The summed E-state index contributed by atoms with van der Waals surface area (Å²) in [5.41, 5.74) is 1.83. The van der Waals surface area contributed by atoms with E-state index in [9.17, 15) is 18.0 Å². The summed E-state index contributed by atoms with van der Waals surface area (Å²) in [6, 6.07) is 13.3. The van der Waals surface area contributed by atoms with Crippen molar-refractivity contribution >= 4 is 33.2 Å². The number of nitrogens with one attached hydrogen (secondary N) is 2. The molecule has 7 nitrogen and oxygen atoms in total. The number of carbonyl (C=O) groups excluding carboxylic acids is 2. The number of benzene rings is 2. The van der Waals surface area contributed by atoms with Crippen LogP contribution in [-0.2, 0) is 19.6 Å². The van der Waals surface area contributed by atoms with E-state index >= 15 is 0 Å². The zero-order chi connectivity index (χ0) is 18.3. The first-order chi connectivity index (χ1) is 12.4. The number of carbonyl (C=O) groups is 2. The molecule has 2 aromatic rings. The molecule has 0 saturated carbocycles. The molecule has 2 aliphatic rings. The third kappa shape index (κ3) is 2.82. The Labute approximate surface area is 151 Å². The minimum Gasteiger partial charge on any atom is -0.355 e. The maximum atomic E-state index is 13.1. The molecule has 1 fully saturated rings. The Morgan fingerprint density at radius 3 is 2.38 bits per heavy atom. The van der Waals surface area contributed by atoms with Gasteiger partial charge in [-0.2, -0.15) is 0 Å². The maximum absolute atomic E-state index is 13.1. The van der Waals surface area contributed by atoms with Gasteiger partial charge in [0.05, 0.1) is 16.3 Å². The second-order valence-corrected chi connectivity index (χ2v) is 8.21. The van der Waals surface area contributed by atoms with E-state index < -0.39 is 10.0 Å². The summed E-state index contributed by atoms with van der Waals surface area (Å²) in [6.45, 7) is 0.298. The van der Waals surface area contributed by atoms with Gasteiger partial charge in [-0.05, 0) is 29.8 Å². The third-order valence-corrected chi connectivity index (χ3v) is 6.42. The number of sulfonamides is 1. The van der Waals surface area contributed by atoms with Crippen molar-refractivity contribution in [1.29, 1.82) is 0 Å². The first-order valence-corrected chi connectivity index (χ1v) is 9.67. The highest BCUT2D eigenvalue weighted by Crippen LogP contribution is 2.33. The van der Waals surface area contributed by atoms with Crippen molar-refractivity contribution in [3.63, 3.8) is 0 Å². The number of para-hydroxylation sites is 2. The lowest BCUT2D eigenvalue weighted by molar-refractivity contribution is -0.119. The standard InChI is InChI=1S/C18H17N3O4S/c22-17-9-13(10-19-17)12-5-7-14(8-6-12)26(24,25)21-11-18(23)20-15-3-1-2-4-16(15)21/h1-8,13H,9-11H2,(H,19,22)(H,20,23). The van der Waals surface area contributed by atoms with Gasteiger partial charge >= 0.3 is 0 Å². The minimum atomic E-state index is -3.87. The fourth-order valence-electron chi connectivity index (χ4n) is 3.30. The van der Waals surface area contributed by atoms with Crippen LogP contribution in [0.3, 0.4) is 0 Å². The van der Waals surface area contributed by atoms with Crippen molar-refractivity contribution in [2.45, 2.75) is 17.2 Å². The van der Waals surface area contributed by atoms with Gasteiger partial charge in [0, 0.05) is 18.9 Å². The van der Waals surface area contributed by atoms with E-state index in [2.05, 4.69) is 10.6 Å². The molecular weight excluding hydrogens is 354 g/mol. The van der Waals surface area contributed by atoms with Gasteiger partial charge in [0.15, 0.2) is 0 Å². The van der Waals surface area contributed by atoms with Gasteiger partial charge < -0.3 is 10.6 Å². The summed E-state index contributed by atoms with van der Waals surface area (Å²) in [5.74, 6) is -0.317. The predicted octanol–water partition coefficient (Wildman–Crippen LogP) is 1.44. The average Bonchev–Trinajstić information content (AvgIpc) is 3.07. The molecule has 0 bridgehead atoms. The Morgan fingerprint density at radius 2 is 1.69 bits per heavy atom. The van der Waals surface area contributed by atoms with E-state index in [0.29, 0.717) is 24.3 Å². The molecule has 0 aromatic heterocycles. The molecule has 4 rings (SSSR count). The molecule has 1 unspecified atom stereocenters. The number of rotatable bonds is 3. The average molecular weight is 371 g/mol. The first kappa shape index (κ1) is 16.6. The molecule has 2 aromatic carbocycles. The van der Waals surface area contributed by atoms with Crippen LogP contribution in [0.25, 0.3) is 0 Å². The van der Waals surface area contributed by atoms with Gasteiger partial charge in [0.1, 0.15) is 6.54 Å². The van der Waals surface area contributed by atoms with Crippen molar-refractivity contribution in [1.82, 2.24) is 5.32 Å². The molecule has 0 spiro atoms. The van der Waals surface area contributed by atoms with Crippen LogP contribution >= 0.6 is 0 Å². The predicted molar refractivity (Wildman–Crippen MR) is 96.4 cm³/mol. The molecule has 2 N–H and O–H groups in total. The smallest absolute Gasteiger partial charge is 0.264 e. The molecule has 134 valence electrons. The van der Waals surface area contributed by atoms with Gasteiger partial charge in [-0.25, -0.2) is 8.42 Å². The largest absolute Gasteiger partial charge is 0.355 e. The normalized spacial score (nSPS) is 19.7. The topological polar surface area (TPSA) is 95.6 Å². The van der Waals surface area contributed by atoms with E-state index in [1.165, 1.54) is 12.1 Å². The van der Waals surface area contributed by atoms with Crippen LogP contribution in [0.1, 0.15) is 17.9 Å². The summed E-state index contributed by atoms with van der Waals surface area (Å²) in [6.07, 6.45) is 0.409. The van der Waals surface area contributed by atoms with Gasteiger partial charge in [-0.3, -0.25) is 13.9 Å². The van der Waals surface area contributed by atoms with Crippen molar-refractivity contribution in [2.24, 2.45) is 0 Å². The molecule has 2 amide bonds. The SMILES string of the molecule is O=C1CC(c2ccc(S(=O)(=O)N3CC(=O)Nc4ccccc43)cc2)CN1. The summed E-state index contributed by atoms with van der Waals surface area (Å²) < 4.78 is 27.2. The minimum absolute atomic E-state index is 0.00244. The van der Waals surface area contributed by atoms with E-state index in [4.69, 9.17) is 0 Å². The summed E-state index contributed by atoms with van der Waals surface area (Å²) in [5, 5.41) is 5.45. The van der Waals surface area contributed by atoms with Crippen molar-refractivity contribution in [3.8, 4) is 0 Å². The highest BCUT2D eigenvalue weighted by molar-refractivity contribution is 7.92. The summed E-state index contributed by atoms with van der Waals surface area (Å²) in [4.78, 5) is 23.4. The zero-order valence-corrected chi connectivity index (χ0v) is 14.6. The Balaban J connectivity index is 1.67. The van der Waals surface area contributed by atoms with E-state index in [0.717, 1.165) is 9.87 Å². The van der Waals surface area contributed by atoms with Crippen LogP contribution in [0.2, 0.25) is 0 Å². The van der Waals surface area contributed by atoms with E-state index in [1.807, 2.05) is 0 Å². The van der Waals surface area contributed by atoms with Crippen LogP contribution < -0.4 is 14.9 Å². The van der Waals surface area contributed by atoms with Gasteiger partial charge in [-0.1, -0.05) is 24.3 Å². The fraction of sp³-hybridized carbons (Fsp3) is 0.222. The number of fused-ring (bicyclic) bond motifs is 1. The lowest BCUT2D eigenvalue weighted by atomic mass is 9.99. The van der Waals surface area contributed by atoms with E-state index in [1.54, 1.807) is 36.4 Å². The molecule has 1 saturated heterocycles. The number of nitrogens with zero attached hydrogens (tertiary/aromatic N) is 1. The fourth-order valence-corrected chi connectivity index (χ4v) is 4.74. The molecule has 26 heavy (non-hydrogen) atoms. The van der Waals surface area contributed by atoms with Crippen LogP contribution in [0, 0.1) is 0 Å². The Kier molecular flexibility index (Phi) is 3.91. The molecule has 0 aliphatic carbocycles. The number of hydrogen-bond donors (Lipinski definition) is 2. The molecule has 8 heteroatoms. The van der Waals surface area contributed by atoms with Crippen LogP contribution in [-0.4, -0.2) is 33.3 Å². The number of amides is 2. The van der Waals surface area contributed by atoms with E-state index in [-0.39, 0.29) is 29.2 Å². The van der Waals surface area contributed by atoms with Crippen LogP contribution in [0.15, 0.2) is 53.4 Å². The number of anilines is 2. The highest BCUT2D eigenvalue weighted by Gasteiger charge is 2.32. The molecule has 2 aliphatic heterocycles. The van der Waals surface area contributed by atoms with Crippen molar-refractivity contribution in [3.05, 3.63) is 54.1 Å². The van der Waals surface area contributed by atoms with Crippen LogP contribution in [0.5, 0.6) is 0 Å². The lowest BCUT2D eigenvalue weighted by Gasteiger charge is -2.30. The van der Waals surface area contributed by atoms with Gasteiger partial charge in [0.25, 0.3) is 10.0 Å². The maximum Gasteiger partial charge on any atom is 0.264 e. The summed E-state index contributed by atoms with van der Waals surface area (Å²) in [7, 11) is -3.87. The monoisotopic (exact) mass is 371 g/mol. The zero-order valence-electron chi connectivity index (χ0n) is 13.8. The molecule has 0 radical (unpaired) electrons. The first-order valence-electron chi connectivity index (χ1n) is 8.23. The quantitative estimate of drug-likeness (QED) is 0.853. The molecular formula is C18H17N3O4S. The van der Waals surface area contributed by atoms with Gasteiger partial charge in [0.2, 0.25) is 11.8 Å². The van der Waals surface area contributed by atoms with Crippen LogP contribution in [0.4, 0.5) is 11.4 Å². The lowest BCUT2D eigenvalue weighted by Crippen LogP contribution is -2.42. The Bertz CT molecular complexity index is 986. The molecule has 1 atom stereocenters. The second kappa shape index (κ2) is 6.14. The summed E-state index contributed by atoms with van der Waals surface area (Å²) >= 11 is 0. The van der Waals surface area contributed by atoms with Crippen molar-refractivity contribution in [2.75, 3.05) is 22.7 Å². The highest BCUT2D eigenvalue weighted by atomic mass is 32.2. The third-order valence-electron chi connectivity index (χ3n) is 4.65. The Morgan fingerprint density at radius 1 is 0.962 bits per heavy atom. The van der Waals surface area contributed by atoms with Crippen molar-refractivity contribution < 1.29 is 18.0 Å². The van der Waals surface area contributed by atoms with Gasteiger partial charge in [-0.15, -0.1) is 0 Å². The Hall–Kier alpha value is -2.87. The second-order valence-electron chi connectivity index (χ2n) is 6.35.